The maximum absolute atomic E-state index is 12.3. The van der Waals surface area contributed by atoms with Gasteiger partial charge in [0.15, 0.2) is 0 Å². The minimum absolute atomic E-state index is 0.0253. The van der Waals surface area contributed by atoms with Gasteiger partial charge in [-0.15, -0.1) is 0 Å². The molecule has 2 rings (SSSR count). The molecular weight excluding hydrogens is 256 g/mol. The highest BCUT2D eigenvalue weighted by Crippen LogP contribution is 2.30. The van der Waals surface area contributed by atoms with Crippen molar-refractivity contribution in [1.29, 1.82) is 0 Å². The molecule has 0 atom stereocenters. The number of benzene rings is 1. The lowest BCUT2D eigenvalue weighted by Crippen LogP contribution is -2.33. The van der Waals surface area contributed by atoms with Crippen LogP contribution in [0.1, 0.15) is 30.1 Å². The molecule has 0 heterocycles. The second-order valence-corrected chi connectivity index (χ2v) is 4.95. The van der Waals surface area contributed by atoms with Crippen molar-refractivity contribution in [2.45, 2.75) is 19.8 Å². The van der Waals surface area contributed by atoms with Gasteiger partial charge >= 0.3 is 0 Å². The normalized spacial score (nSPS) is 13.9. The molecular formula is C15H20N2O3. The molecule has 2 amide bonds. The molecule has 108 valence electrons. The molecule has 5 heteroatoms. The van der Waals surface area contributed by atoms with Crippen LogP contribution in [0.5, 0.6) is 0 Å². The highest BCUT2D eigenvalue weighted by atomic mass is 16.3. The smallest absolute Gasteiger partial charge is 0.253 e. The summed E-state index contributed by atoms with van der Waals surface area (Å²) in [4.78, 5) is 25.5. The SMILES string of the molecule is CCN(CCO)C(=O)c1cccc(NC(=O)C2CC2)c1. The monoisotopic (exact) mass is 276 g/mol. The van der Waals surface area contributed by atoms with Crippen molar-refractivity contribution >= 4 is 17.5 Å². The van der Waals surface area contributed by atoms with Crippen LogP contribution < -0.4 is 5.32 Å². The van der Waals surface area contributed by atoms with Crippen LogP contribution in [0.3, 0.4) is 0 Å². The third-order valence-corrected chi connectivity index (χ3v) is 3.36. The molecule has 1 aromatic rings. The highest BCUT2D eigenvalue weighted by Gasteiger charge is 2.29. The van der Waals surface area contributed by atoms with E-state index in [0.717, 1.165) is 12.8 Å². The van der Waals surface area contributed by atoms with Gasteiger partial charge in [0, 0.05) is 30.3 Å². The number of amides is 2. The molecule has 1 aromatic carbocycles. The summed E-state index contributed by atoms with van der Waals surface area (Å²) in [6, 6.07) is 6.93. The van der Waals surface area contributed by atoms with Crippen LogP contribution >= 0.6 is 0 Å². The number of anilines is 1. The summed E-state index contributed by atoms with van der Waals surface area (Å²) in [5.74, 6) is 0.0252. The van der Waals surface area contributed by atoms with Gasteiger partial charge < -0.3 is 15.3 Å². The Bertz CT molecular complexity index is 498. The number of aliphatic hydroxyl groups excluding tert-OH is 1. The summed E-state index contributed by atoms with van der Waals surface area (Å²) in [6.07, 6.45) is 1.90. The van der Waals surface area contributed by atoms with Crippen molar-refractivity contribution in [2.75, 3.05) is 25.0 Å². The first-order valence-electron chi connectivity index (χ1n) is 6.96. The summed E-state index contributed by atoms with van der Waals surface area (Å²) in [5, 5.41) is 11.8. The number of nitrogens with zero attached hydrogens (tertiary/aromatic N) is 1. The number of hydrogen-bond acceptors (Lipinski definition) is 3. The number of hydrogen-bond donors (Lipinski definition) is 2. The van der Waals surface area contributed by atoms with Crippen molar-refractivity contribution < 1.29 is 14.7 Å². The van der Waals surface area contributed by atoms with Gasteiger partial charge in [0.05, 0.1) is 6.61 Å². The van der Waals surface area contributed by atoms with E-state index in [1.165, 1.54) is 0 Å². The Morgan fingerprint density at radius 1 is 1.40 bits per heavy atom. The molecule has 0 radical (unpaired) electrons. The second kappa shape index (κ2) is 6.52. The van der Waals surface area contributed by atoms with Crippen LogP contribution in [0.25, 0.3) is 0 Å². The Hall–Kier alpha value is -1.88. The second-order valence-electron chi connectivity index (χ2n) is 4.95. The fraction of sp³-hybridized carbons (Fsp3) is 0.467. The van der Waals surface area contributed by atoms with E-state index in [0.29, 0.717) is 24.3 Å². The predicted molar refractivity (Wildman–Crippen MR) is 76.5 cm³/mol. The van der Waals surface area contributed by atoms with E-state index in [1.54, 1.807) is 29.2 Å². The van der Waals surface area contributed by atoms with Gasteiger partial charge in [-0.1, -0.05) is 6.07 Å². The number of rotatable bonds is 6. The molecule has 1 aliphatic rings. The molecule has 1 saturated carbocycles. The fourth-order valence-electron chi connectivity index (χ4n) is 2.03. The van der Waals surface area contributed by atoms with E-state index >= 15 is 0 Å². The first kappa shape index (κ1) is 14.5. The van der Waals surface area contributed by atoms with E-state index in [9.17, 15) is 9.59 Å². The molecule has 2 N–H and O–H groups in total. The molecule has 0 aliphatic heterocycles. The Morgan fingerprint density at radius 2 is 2.15 bits per heavy atom. The van der Waals surface area contributed by atoms with Gasteiger partial charge in [0.25, 0.3) is 5.91 Å². The van der Waals surface area contributed by atoms with Crippen LogP contribution in [0.2, 0.25) is 0 Å². The van der Waals surface area contributed by atoms with Gasteiger partial charge in [-0.2, -0.15) is 0 Å². The third kappa shape index (κ3) is 3.57. The highest BCUT2D eigenvalue weighted by molar-refractivity contribution is 5.98. The molecule has 1 fully saturated rings. The van der Waals surface area contributed by atoms with E-state index in [2.05, 4.69) is 5.32 Å². The molecule has 0 spiro atoms. The lowest BCUT2D eigenvalue weighted by atomic mass is 10.1. The Morgan fingerprint density at radius 3 is 2.75 bits per heavy atom. The molecule has 0 bridgehead atoms. The summed E-state index contributed by atoms with van der Waals surface area (Å²) >= 11 is 0. The maximum atomic E-state index is 12.3. The summed E-state index contributed by atoms with van der Waals surface area (Å²) in [5.41, 5.74) is 1.17. The van der Waals surface area contributed by atoms with Crippen LogP contribution in [0.15, 0.2) is 24.3 Å². The zero-order chi connectivity index (χ0) is 14.5. The lowest BCUT2D eigenvalue weighted by molar-refractivity contribution is -0.117. The molecule has 5 nitrogen and oxygen atoms in total. The quantitative estimate of drug-likeness (QED) is 0.827. The van der Waals surface area contributed by atoms with E-state index < -0.39 is 0 Å². The molecule has 0 unspecified atom stereocenters. The topological polar surface area (TPSA) is 69.6 Å². The summed E-state index contributed by atoms with van der Waals surface area (Å²) in [6.45, 7) is 2.66. The molecule has 0 aromatic heterocycles. The van der Waals surface area contributed by atoms with Gasteiger partial charge in [-0.05, 0) is 38.0 Å². The first-order chi connectivity index (χ1) is 9.65. The van der Waals surface area contributed by atoms with E-state index in [1.807, 2.05) is 6.92 Å². The fourth-order valence-corrected chi connectivity index (χ4v) is 2.03. The summed E-state index contributed by atoms with van der Waals surface area (Å²) in [7, 11) is 0. The Balaban J connectivity index is 2.07. The lowest BCUT2D eigenvalue weighted by Gasteiger charge is -2.20. The number of carbonyl (C=O) groups is 2. The van der Waals surface area contributed by atoms with E-state index in [-0.39, 0.29) is 24.3 Å². The average Bonchev–Trinajstić information content (AvgIpc) is 3.29. The van der Waals surface area contributed by atoms with Crippen LogP contribution in [-0.4, -0.2) is 41.5 Å². The zero-order valence-electron chi connectivity index (χ0n) is 11.6. The maximum Gasteiger partial charge on any atom is 0.253 e. The minimum atomic E-state index is -0.135. The standard InChI is InChI=1S/C15H20N2O3/c1-2-17(8-9-18)15(20)12-4-3-5-13(10-12)16-14(19)11-6-7-11/h3-5,10-11,18H,2,6-9H2,1H3,(H,16,19). The van der Waals surface area contributed by atoms with Gasteiger partial charge in [0.2, 0.25) is 5.91 Å². The van der Waals surface area contributed by atoms with Gasteiger partial charge in [-0.3, -0.25) is 9.59 Å². The number of nitrogens with one attached hydrogen (secondary N) is 1. The minimum Gasteiger partial charge on any atom is -0.395 e. The number of aliphatic hydroxyl groups is 1. The number of carbonyl (C=O) groups excluding carboxylic acids is 2. The van der Waals surface area contributed by atoms with Crippen LogP contribution in [0.4, 0.5) is 5.69 Å². The van der Waals surface area contributed by atoms with Crippen molar-refractivity contribution in [3.05, 3.63) is 29.8 Å². The van der Waals surface area contributed by atoms with Crippen molar-refractivity contribution in [3.63, 3.8) is 0 Å². The third-order valence-electron chi connectivity index (χ3n) is 3.36. The van der Waals surface area contributed by atoms with Crippen molar-refractivity contribution in [2.24, 2.45) is 5.92 Å². The number of likely N-dealkylation sites (N-methyl/N-ethyl adjacent to an activating group) is 1. The molecule has 0 saturated heterocycles. The average molecular weight is 276 g/mol. The van der Waals surface area contributed by atoms with E-state index in [4.69, 9.17) is 5.11 Å². The molecule has 1 aliphatic carbocycles. The Labute approximate surface area is 118 Å². The van der Waals surface area contributed by atoms with Gasteiger partial charge in [0.1, 0.15) is 0 Å². The molecule has 20 heavy (non-hydrogen) atoms. The largest absolute Gasteiger partial charge is 0.395 e. The van der Waals surface area contributed by atoms with Crippen LogP contribution in [0, 0.1) is 5.92 Å². The first-order valence-corrected chi connectivity index (χ1v) is 6.96. The summed E-state index contributed by atoms with van der Waals surface area (Å²) < 4.78 is 0. The zero-order valence-corrected chi connectivity index (χ0v) is 11.6. The van der Waals surface area contributed by atoms with Crippen LogP contribution in [-0.2, 0) is 4.79 Å². The predicted octanol–water partition coefficient (Wildman–Crippen LogP) is 1.49. The van der Waals surface area contributed by atoms with Crippen molar-refractivity contribution in [1.82, 2.24) is 4.90 Å². The van der Waals surface area contributed by atoms with Crippen molar-refractivity contribution in [3.8, 4) is 0 Å². The Kier molecular flexibility index (Phi) is 4.74. The van der Waals surface area contributed by atoms with Gasteiger partial charge in [-0.25, -0.2) is 0 Å².